The molecule has 0 saturated heterocycles. The Kier molecular flexibility index (Phi) is 6.45. The minimum Gasteiger partial charge on any atom is -0.473 e. The van der Waals surface area contributed by atoms with E-state index in [1.54, 1.807) is 11.8 Å². The molecule has 4 unspecified atom stereocenters. The van der Waals surface area contributed by atoms with E-state index in [1.165, 1.54) is 31.6 Å². The van der Waals surface area contributed by atoms with Crippen molar-refractivity contribution in [2.45, 2.75) is 78.6 Å². The van der Waals surface area contributed by atoms with Crippen LogP contribution in [-0.2, 0) is 19.1 Å². The summed E-state index contributed by atoms with van der Waals surface area (Å²) in [5.41, 5.74) is 2.68. The Labute approximate surface area is 191 Å². The fourth-order valence-corrected chi connectivity index (χ4v) is 5.89. The van der Waals surface area contributed by atoms with E-state index in [-0.39, 0.29) is 18.0 Å². The van der Waals surface area contributed by atoms with Crippen LogP contribution >= 0.6 is 0 Å². The molecular weight excluding hydrogens is 402 g/mol. The van der Waals surface area contributed by atoms with Crippen molar-refractivity contribution < 1.29 is 19.1 Å². The number of hydrogen-bond acceptors (Lipinski definition) is 4. The first kappa shape index (κ1) is 22.6. The first-order chi connectivity index (χ1) is 15.3. The van der Waals surface area contributed by atoms with E-state index in [9.17, 15) is 9.59 Å². The van der Waals surface area contributed by atoms with Gasteiger partial charge in [-0.05, 0) is 74.5 Å². The lowest BCUT2D eigenvalue weighted by atomic mass is 9.58. The smallest absolute Gasteiger partial charge is 0.334 e. The first-order valence-electron chi connectivity index (χ1n) is 11.9. The van der Waals surface area contributed by atoms with Crippen LogP contribution in [0.2, 0.25) is 0 Å². The zero-order valence-corrected chi connectivity index (χ0v) is 19.7. The molecule has 1 heterocycles. The number of rotatable bonds is 5. The number of para-hydroxylation sites is 1. The van der Waals surface area contributed by atoms with Gasteiger partial charge in [0.2, 0.25) is 6.23 Å². The molecule has 4 rings (SSSR count). The third-order valence-electron chi connectivity index (χ3n) is 7.80. The molecular formula is C27H35NO4. The molecule has 0 spiro atoms. The first-order valence-corrected chi connectivity index (χ1v) is 11.9. The van der Waals surface area contributed by atoms with Crippen molar-refractivity contribution in [1.82, 2.24) is 0 Å². The standard InChI is InChI=1S/C27H35NO4/c1-18-19(2)26(28(25(18)30)21-10-6-5-7-11-21)31-16-14-24(29)32-22-12-13-23-20(17-22)9-8-15-27(23,3)4/h5-7,10-11,14,16,20,22-23,26H,8-9,12-13,15,17H2,1-4H3/b16-14+. The summed E-state index contributed by atoms with van der Waals surface area (Å²) in [5, 5.41) is 0. The molecule has 0 aromatic heterocycles. The van der Waals surface area contributed by atoms with Crippen LogP contribution < -0.4 is 4.90 Å². The van der Waals surface area contributed by atoms with E-state index >= 15 is 0 Å². The van der Waals surface area contributed by atoms with E-state index in [1.807, 2.05) is 37.3 Å². The van der Waals surface area contributed by atoms with Crippen LogP contribution in [0.25, 0.3) is 0 Å². The normalized spacial score (nSPS) is 29.9. The quantitative estimate of drug-likeness (QED) is 0.334. The number of nitrogens with zero attached hydrogens (tertiary/aromatic N) is 1. The van der Waals surface area contributed by atoms with Crippen molar-refractivity contribution in [2.75, 3.05) is 4.90 Å². The highest BCUT2D eigenvalue weighted by Gasteiger charge is 2.43. The molecule has 0 radical (unpaired) electrons. The van der Waals surface area contributed by atoms with E-state index in [0.717, 1.165) is 36.4 Å². The van der Waals surface area contributed by atoms with Crippen LogP contribution in [0.4, 0.5) is 5.69 Å². The van der Waals surface area contributed by atoms with Crippen molar-refractivity contribution in [3.8, 4) is 0 Å². The predicted molar refractivity (Wildman–Crippen MR) is 125 cm³/mol. The summed E-state index contributed by atoms with van der Waals surface area (Å²) in [4.78, 5) is 26.8. The number of hydrogen-bond donors (Lipinski definition) is 0. The average Bonchev–Trinajstić information content (AvgIpc) is 2.97. The summed E-state index contributed by atoms with van der Waals surface area (Å²) in [6, 6.07) is 9.43. The minimum atomic E-state index is -0.561. The summed E-state index contributed by atoms with van der Waals surface area (Å²) in [6.45, 7) is 8.47. The maximum Gasteiger partial charge on any atom is 0.334 e. The fourth-order valence-electron chi connectivity index (χ4n) is 5.89. The molecule has 0 bridgehead atoms. The Hall–Kier alpha value is -2.56. The second-order valence-electron chi connectivity index (χ2n) is 10.2. The van der Waals surface area contributed by atoms with Crippen LogP contribution in [0.5, 0.6) is 0 Å². The summed E-state index contributed by atoms with van der Waals surface area (Å²) in [5.74, 6) is 0.941. The highest BCUT2D eigenvalue weighted by molar-refractivity contribution is 6.09. The van der Waals surface area contributed by atoms with Crippen molar-refractivity contribution in [1.29, 1.82) is 0 Å². The van der Waals surface area contributed by atoms with E-state index in [0.29, 0.717) is 16.9 Å². The number of fused-ring (bicyclic) bond motifs is 1. The molecule has 2 saturated carbocycles. The largest absolute Gasteiger partial charge is 0.473 e. The van der Waals surface area contributed by atoms with Gasteiger partial charge in [-0.3, -0.25) is 9.69 Å². The summed E-state index contributed by atoms with van der Waals surface area (Å²) in [6.07, 6.45) is 8.99. The second kappa shape index (κ2) is 9.13. The van der Waals surface area contributed by atoms with Crippen LogP contribution in [0.1, 0.15) is 66.2 Å². The molecule has 1 amide bonds. The van der Waals surface area contributed by atoms with E-state index in [2.05, 4.69) is 13.8 Å². The number of ether oxygens (including phenoxy) is 2. The highest BCUT2D eigenvalue weighted by Crippen LogP contribution is 2.50. The Balaban J connectivity index is 1.34. The maximum atomic E-state index is 12.7. The van der Waals surface area contributed by atoms with Gasteiger partial charge in [0.25, 0.3) is 5.91 Å². The van der Waals surface area contributed by atoms with E-state index in [4.69, 9.17) is 9.47 Å². The van der Waals surface area contributed by atoms with Gasteiger partial charge in [-0.2, -0.15) is 0 Å². The fraction of sp³-hybridized carbons (Fsp3) is 0.556. The van der Waals surface area contributed by atoms with Gasteiger partial charge >= 0.3 is 5.97 Å². The van der Waals surface area contributed by atoms with Crippen LogP contribution in [0.3, 0.4) is 0 Å². The molecule has 2 fully saturated rings. The van der Waals surface area contributed by atoms with Crippen LogP contribution in [0, 0.1) is 17.3 Å². The van der Waals surface area contributed by atoms with Gasteiger partial charge in [-0.25, -0.2) is 4.79 Å². The van der Waals surface area contributed by atoms with Gasteiger partial charge in [0.15, 0.2) is 0 Å². The van der Waals surface area contributed by atoms with Crippen molar-refractivity contribution in [3.05, 3.63) is 53.8 Å². The SMILES string of the molecule is CC1=C(C)C(O/C=C/C(=O)OC2CCC3C(CCCC3(C)C)C2)N(c2ccccc2)C1=O. The van der Waals surface area contributed by atoms with Crippen molar-refractivity contribution in [3.63, 3.8) is 0 Å². The summed E-state index contributed by atoms with van der Waals surface area (Å²) >= 11 is 0. The van der Waals surface area contributed by atoms with Gasteiger partial charge < -0.3 is 9.47 Å². The number of esters is 1. The van der Waals surface area contributed by atoms with Crippen molar-refractivity contribution >= 4 is 17.6 Å². The molecule has 1 aromatic carbocycles. The monoisotopic (exact) mass is 437 g/mol. The number of carbonyl (C=O) groups excluding carboxylic acids is 2. The third kappa shape index (κ3) is 4.48. The molecule has 2 aliphatic carbocycles. The van der Waals surface area contributed by atoms with Crippen molar-refractivity contribution in [2.24, 2.45) is 17.3 Å². The molecule has 1 aromatic rings. The molecule has 172 valence electrons. The average molecular weight is 438 g/mol. The zero-order chi connectivity index (χ0) is 22.9. The van der Waals surface area contributed by atoms with Gasteiger partial charge in [0.05, 0.1) is 12.3 Å². The molecule has 3 aliphatic rings. The summed E-state index contributed by atoms with van der Waals surface area (Å²) in [7, 11) is 0. The number of benzene rings is 1. The highest BCUT2D eigenvalue weighted by atomic mass is 16.5. The molecule has 1 aliphatic heterocycles. The second-order valence-corrected chi connectivity index (χ2v) is 10.2. The van der Waals surface area contributed by atoms with Gasteiger partial charge in [0.1, 0.15) is 6.10 Å². The van der Waals surface area contributed by atoms with Gasteiger partial charge in [0, 0.05) is 11.3 Å². The minimum absolute atomic E-state index is 0.0138. The van der Waals surface area contributed by atoms with Crippen LogP contribution in [0.15, 0.2) is 53.8 Å². The Morgan fingerprint density at radius 2 is 1.88 bits per heavy atom. The lowest BCUT2D eigenvalue weighted by Gasteiger charge is -2.48. The third-order valence-corrected chi connectivity index (χ3v) is 7.80. The Morgan fingerprint density at radius 1 is 1.12 bits per heavy atom. The maximum absolute atomic E-state index is 12.7. The Morgan fingerprint density at radius 3 is 2.62 bits per heavy atom. The lowest BCUT2D eigenvalue weighted by Crippen LogP contribution is -2.41. The topological polar surface area (TPSA) is 55.8 Å². The Bertz CT molecular complexity index is 917. The molecule has 0 N–H and O–H groups in total. The van der Waals surface area contributed by atoms with E-state index < -0.39 is 6.23 Å². The molecule has 5 nitrogen and oxygen atoms in total. The molecule has 32 heavy (non-hydrogen) atoms. The molecule has 5 heteroatoms. The molecule has 4 atom stereocenters. The van der Waals surface area contributed by atoms with Gasteiger partial charge in [-0.1, -0.05) is 44.9 Å². The predicted octanol–water partition coefficient (Wildman–Crippen LogP) is 5.76. The number of amides is 1. The number of anilines is 1. The zero-order valence-electron chi connectivity index (χ0n) is 19.7. The van der Waals surface area contributed by atoms with Gasteiger partial charge in [-0.15, -0.1) is 0 Å². The lowest BCUT2D eigenvalue weighted by molar-refractivity contribution is -0.147. The summed E-state index contributed by atoms with van der Waals surface area (Å²) < 4.78 is 11.6. The van der Waals surface area contributed by atoms with Crippen LogP contribution in [-0.4, -0.2) is 24.2 Å². The number of carbonyl (C=O) groups is 2.